The van der Waals surface area contributed by atoms with Crippen LogP contribution in [0.25, 0.3) is 10.9 Å². The Morgan fingerprint density at radius 2 is 1.89 bits per heavy atom. The Labute approximate surface area is 223 Å². The number of nitrogens with one attached hydrogen (secondary N) is 1. The summed E-state index contributed by atoms with van der Waals surface area (Å²) in [6.45, 7) is 2.28. The molecule has 0 spiro atoms. The average molecular weight is 545 g/mol. The summed E-state index contributed by atoms with van der Waals surface area (Å²) in [7, 11) is 4.91. The van der Waals surface area contributed by atoms with E-state index in [2.05, 4.69) is 15.5 Å². The lowest BCUT2D eigenvalue weighted by atomic mass is 9.82. The van der Waals surface area contributed by atoms with Crippen LogP contribution in [-0.2, 0) is 5.60 Å². The van der Waals surface area contributed by atoms with Gasteiger partial charge in [-0.05, 0) is 37.6 Å². The number of hydrogen-bond acceptors (Lipinski definition) is 8. The number of alkyl halides is 2. The fourth-order valence-corrected chi connectivity index (χ4v) is 5.32. The number of aromatic nitrogens is 2. The first-order valence-electron chi connectivity index (χ1n) is 11.8. The summed E-state index contributed by atoms with van der Waals surface area (Å²) in [5, 5.41) is 16.2. The van der Waals surface area contributed by atoms with Crippen LogP contribution in [-0.4, -0.2) is 76.1 Å². The maximum atomic E-state index is 13.5. The summed E-state index contributed by atoms with van der Waals surface area (Å²) in [5.41, 5.74) is 4.65. The van der Waals surface area contributed by atoms with E-state index in [1.165, 1.54) is 7.11 Å². The van der Waals surface area contributed by atoms with Gasteiger partial charge in [0.1, 0.15) is 5.56 Å². The van der Waals surface area contributed by atoms with Crippen LogP contribution in [0.4, 0.5) is 8.78 Å². The third-order valence-electron chi connectivity index (χ3n) is 6.82. The Kier molecular flexibility index (Phi) is 6.20. The van der Waals surface area contributed by atoms with E-state index in [1.807, 2.05) is 26.0 Å². The van der Waals surface area contributed by atoms with E-state index in [1.54, 1.807) is 48.5 Å². The summed E-state index contributed by atoms with van der Waals surface area (Å²) in [4.78, 5) is 23.1. The summed E-state index contributed by atoms with van der Waals surface area (Å²) >= 11 is 6.75. The molecule has 1 aromatic carbocycles. The smallest absolute Gasteiger partial charge is 0.282 e. The van der Waals surface area contributed by atoms with E-state index in [-0.39, 0.29) is 16.5 Å². The number of nitrogens with zero attached hydrogens (tertiary/aromatic N) is 5. The van der Waals surface area contributed by atoms with Crippen molar-refractivity contribution in [3.63, 3.8) is 0 Å². The molecule has 2 aromatic heterocycles. The number of benzene rings is 1. The minimum absolute atomic E-state index is 0.000909. The fraction of sp³-hybridized carbons (Fsp3) is 0.346. The molecule has 1 atom stereocenters. The summed E-state index contributed by atoms with van der Waals surface area (Å²) in [6.07, 6.45) is 1.76. The van der Waals surface area contributed by atoms with Gasteiger partial charge in [-0.15, -0.1) is 5.53 Å². The largest absolute Gasteiger partial charge is 0.480 e. The van der Waals surface area contributed by atoms with Crippen LogP contribution >= 0.6 is 11.6 Å². The Hall–Kier alpha value is -3.54. The number of amides is 1. The molecular formula is C26H27ClF2N6O3. The number of hydrogen-bond donors (Lipinski definition) is 2. The molecule has 0 bridgehead atoms. The van der Waals surface area contributed by atoms with Crippen molar-refractivity contribution in [2.45, 2.75) is 25.4 Å². The van der Waals surface area contributed by atoms with Crippen LogP contribution in [0, 0.1) is 13.8 Å². The van der Waals surface area contributed by atoms with Crippen molar-refractivity contribution >= 4 is 28.4 Å². The van der Waals surface area contributed by atoms with Gasteiger partial charge in [0.2, 0.25) is 5.88 Å². The minimum Gasteiger partial charge on any atom is -0.480 e. The molecule has 2 aliphatic rings. The number of aryl methyl sites for hydroxylation is 2. The van der Waals surface area contributed by atoms with Gasteiger partial charge in [0.15, 0.2) is 5.60 Å². The van der Waals surface area contributed by atoms with Gasteiger partial charge in [0, 0.05) is 42.6 Å². The lowest BCUT2D eigenvalue weighted by Crippen LogP contribution is -2.58. The number of halogens is 3. The van der Waals surface area contributed by atoms with Crippen LogP contribution in [0.3, 0.4) is 0 Å². The van der Waals surface area contributed by atoms with Crippen molar-refractivity contribution < 1.29 is 23.4 Å². The van der Waals surface area contributed by atoms with Gasteiger partial charge in [-0.3, -0.25) is 19.8 Å². The fourth-order valence-electron chi connectivity index (χ4n) is 5.01. The summed E-state index contributed by atoms with van der Waals surface area (Å²) < 4.78 is 32.3. The molecule has 1 fully saturated rings. The molecule has 4 heterocycles. The number of likely N-dealkylation sites (N-methyl/N-ethyl adjacent to an activating group) is 1. The molecule has 0 aliphatic carbocycles. The van der Waals surface area contributed by atoms with Crippen molar-refractivity contribution in [3.05, 3.63) is 75.3 Å². The number of fused-ring (bicyclic) bond motifs is 1. The van der Waals surface area contributed by atoms with Gasteiger partial charge in [0.25, 0.3) is 11.8 Å². The zero-order valence-corrected chi connectivity index (χ0v) is 22.3. The van der Waals surface area contributed by atoms with Crippen molar-refractivity contribution in [2.75, 3.05) is 34.3 Å². The van der Waals surface area contributed by atoms with Crippen LogP contribution in [0.2, 0.25) is 5.02 Å². The van der Waals surface area contributed by atoms with Crippen molar-refractivity contribution in [2.24, 2.45) is 0 Å². The molecule has 2 N–H and O–H groups in total. The molecular weight excluding hydrogens is 518 g/mol. The highest BCUT2D eigenvalue weighted by molar-refractivity contribution is 6.38. The number of methoxy groups -OCH3 is 1. The topological polar surface area (TPSA) is 94.1 Å². The highest BCUT2D eigenvalue weighted by Crippen LogP contribution is 2.43. The molecule has 38 heavy (non-hydrogen) atoms. The molecule has 12 heteroatoms. The summed E-state index contributed by atoms with van der Waals surface area (Å²) in [6, 6.07) is 8.67. The van der Waals surface area contributed by atoms with Gasteiger partial charge in [0.05, 0.1) is 36.4 Å². The number of likely N-dealkylation sites (tertiary alicyclic amines) is 1. The quantitative estimate of drug-likeness (QED) is 0.505. The van der Waals surface area contributed by atoms with Gasteiger partial charge in [-0.25, -0.2) is 13.8 Å². The van der Waals surface area contributed by atoms with Crippen LogP contribution < -0.4 is 10.3 Å². The standard InChI is InChI=1S/C26H27ClF2N6O3/c1-14-6-8-18(15(2)30-14)26(37,20-11-33(3)32-34(20)4)16-7-9-19-17(10-16)22(27)21(23(31-19)38-5)24(36)35-12-25(28,29)13-35/h6-11,32,37H,12-13H2,1-5H3. The lowest BCUT2D eigenvalue weighted by molar-refractivity contribution is -0.113. The van der Waals surface area contributed by atoms with Gasteiger partial charge < -0.3 is 14.7 Å². The highest BCUT2D eigenvalue weighted by Gasteiger charge is 2.48. The molecule has 200 valence electrons. The number of aliphatic hydroxyl groups is 1. The molecule has 1 amide bonds. The normalized spacial score (nSPS) is 18.3. The van der Waals surface area contributed by atoms with Crippen LogP contribution in [0.1, 0.15) is 32.9 Å². The third kappa shape index (κ3) is 4.11. The van der Waals surface area contributed by atoms with Crippen LogP contribution in [0.15, 0.2) is 42.2 Å². The summed E-state index contributed by atoms with van der Waals surface area (Å²) in [5.74, 6) is -3.70. The number of carbonyl (C=O) groups excluding carboxylic acids is 1. The number of carbonyl (C=O) groups is 1. The van der Waals surface area contributed by atoms with Crippen molar-refractivity contribution in [1.29, 1.82) is 0 Å². The third-order valence-corrected chi connectivity index (χ3v) is 7.21. The molecule has 5 rings (SSSR count). The molecule has 9 nitrogen and oxygen atoms in total. The average Bonchev–Trinajstić information content (AvgIpc) is 3.19. The molecule has 1 saturated heterocycles. The SMILES string of the molecule is COc1nc2ccc(C(O)(C3=CN(C)NN3C)c3ccc(C)nc3C)cc2c(Cl)c1C(=O)N1CC(F)(F)C1. The number of hydrazine groups is 2. The first kappa shape index (κ1) is 26.1. The Morgan fingerprint density at radius 1 is 1.18 bits per heavy atom. The second-order valence-corrected chi connectivity index (χ2v) is 10.0. The van der Waals surface area contributed by atoms with E-state index in [0.717, 1.165) is 10.6 Å². The van der Waals surface area contributed by atoms with E-state index < -0.39 is 30.5 Å². The molecule has 3 aromatic rings. The van der Waals surface area contributed by atoms with E-state index in [9.17, 15) is 18.7 Å². The molecule has 0 radical (unpaired) electrons. The lowest BCUT2D eigenvalue weighted by Gasteiger charge is -2.38. The van der Waals surface area contributed by atoms with E-state index in [4.69, 9.17) is 16.3 Å². The van der Waals surface area contributed by atoms with Gasteiger partial charge >= 0.3 is 0 Å². The van der Waals surface area contributed by atoms with E-state index in [0.29, 0.717) is 33.4 Å². The Balaban J connectivity index is 1.71. The Morgan fingerprint density at radius 3 is 2.47 bits per heavy atom. The number of pyridine rings is 2. The highest BCUT2D eigenvalue weighted by atomic mass is 35.5. The molecule has 2 aliphatic heterocycles. The van der Waals surface area contributed by atoms with Crippen LogP contribution in [0.5, 0.6) is 5.88 Å². The van der Waals surface area contributed by atoms with E-state index >= 15 is 0 Å². The second-order valence-electron chi connectivity index (χ2n) is 9.64. The maximum Gasteiger partial charge on any atom is 0.282 e. The predicted molar refractivity (Wildman–Crippen MR) is 138 cm³/mol. The number of rotatable bonds is 5. The van der Waals surface area contributed by atoms with Gasteiger partial charge in [-0.2, -0.15) is 0 Å². The zero-order valence-electron chi connectivity index (χ0n) is 21.5. The zero-order chi connectivity index (χ0) is 27.6. The predicted octanol–water partition coefficient (Wildman–Crippen LogP) is 3.37. The monoisotopic (exact) mass is 544 g/mol. The molecule has 1 unspecified atom stereocenters. The second kappa shape index (κ2) is 9.04. The minimum atomic E-state index is -2.94. The first-order chi connectivity index (χ1) is 17.9. The van der Waals surface area contributed by atoms with Crippen molar-refractivity contribution in [3.8, 4) is 5.88 Å². The maximum absolute atomic E-state index is 13.5. The Bertz CT molecular complexity index is 1490. The molecule has 0 saturated carbocycles. The van der Waals surface area contributed by atoms with Gasteiger partial charge in [-0.1, -0.05) is 23.7 Å². The van der Waals surface area contributed by atoms with Crippen molar-refractivity contribution in [1.82, 2.24) is 30.4 Å². The number of ether oxygens (including phenoxy) is 1. The first-order valence-corrected chi connectivity index (χ1v) is 12.2.